The molecule has 1 heterocycles. The lowest BCUT2D eigenvalue weighted by Gasteiger charge is -2.21. The number of fused-ring (bicyclic) bond motifs is 1. The lowest BCUT2D eigenvalue weighted by molar-refractivity contribution is -0.131. The Hall–Kier alpha value is -4.77. The van der Waals surface area contributed by atoms with Crippen molar-refractivity contribution in [2.24, 2.45) is 15.9 Å². The van der Waals surface area contributed by atoms with Crippen LogP contribution in [-0.4, -0.2) is 48.6 Å². The van der Waals surface area contributed by atoms with Gasteiger partial charge < -0.3 is 20.8 Å². The largest absolute Gasteiger partial charge is 0.484 e. The summed E-state index contributed by atoms with van der Waals surface area (Å²) in [5.74, 6) is 0.443. The number of benzene rings is 3. The molecule has 1 aliphatic heterocycles. The number of anilines is 1. The van der Waals surface area contributed by atoms with Crippen LogP contribution in [0.25, 0.3) is 0 Å². The molecule has 0 aliphatic carbocycles. The highest BCUT2D eigenvalue weighted by atomic mass is 16.5. The first-order chi connectivity index (χ1) is 18.4. The van der Waals surface area contributed by atoms with Gasteiger partial charge in [-0.2, -0.15) is 5.26 Å². The number of ether oxygens (including phenoxy) is 1. The van der Waals surface area contributed by atoms with Gasteiger partial charge in [0.1, 0.15) is 12.3 Å². The molecule has 0 aromatic heterocycles. The number of nitriles is 1. The lowest BCUT2D eigenvalue weighted by atomic mass is 9.89. The maximum atomic E-state index is 12.2. The molecular formula is C30H30N6O2. The zero-order valence-corrected chi connectivity index (χ0v) is 21.5. The molecule has 3 aromatic rings. The number of aliphatic imine (C=N–C) groups is 2. The van der Waals surface area contributed by atoms with Gasteiger partial charge in [-0.05, 0) is 60.7 Å². The van der Waals surface area contributed by atoms with Crippen LogP contribution in [0.15, 0.2) is 76.7 Å². The summed E-state index contributed by atoms with van der Waals surface area (Å²) in [6.45, 7) is 2.02. The molecule has 1 unspecified atom stereocenters. The van der Waals surface area contributed by atoms with Crippen molar-refractivity contribution in [2.45, 2.75) is 19.8 Å². The molecule has 0 radical (unpaired) electrons. The molecule has 3 aromatic carbocycles. The Balaban J connectivity index is 1.66. The Kier molecular flexibility index (Phi) is 8.29. The van der Waals surface area contributed by atoms with Gasteiger partial charge in [-0.1, -0.05) is 37.3 Å². The first-order valence-corrected chi connectivity index (χ1v) is 12.4. The number of nitrogen functional groups attached to an aromatic ring is 1. The van der Waals surface area contributed by atoms with Crippen LogP contribution in [0.2, 0.25) is 0 Å². The van der Waals surface area contributed by atoms with Crippen LogP contribution in [-0.2, 0) is 4.79 Å². The fourth-order valence-electron chi connectivity index (χ4n) is 4.25. The van der Waals surface area contributed by atoms with Crippen molar-refractivity contribution in [1.82, 2.24) is 4.90 Å². The van der Waals surface area contributed by atoms with Crippen LogP contribution in [0, 0.1) is 22.7 Å². The van der Waals surface area contributed by atoms with E-state index in [1.165, 1.54) is 11.1 Å². The summed E-state index contributed by atoms with van der Waals surface area (Å²) in [6.07, 6.45) is 2.82. The van der Waals surface area contributed by atoms with Crippen LogP contribution >= 0.6 is 0 Å². The van der Waals surface area contributed by atoms with Crippen molar-refractivity contribution in [3.63, 3.8) is 0 Å². The Morgan fingerprint density at radius 3 is 2.84 bits per heavy atom. The Morgan fingerprint density at radius 2 is 2.05 bits per heavy atom. The fourth-order valence-corrected chi connectivity index (χ4v) is 4.25. The number of para-hydroxylation sites is 1. The van der Waals surface area contributed by atoms with Crippen molar-refractivity contribution < 1.29 is 9.53 Å². The molecule has 1 aliphatic rings. The summed E-state index contributed by atoms with van der Waals surface area (Å²) >= 11 is 0. The summed E-state index contributed by atoms with van der Waals surface area (Å²) in [6, 6.07) is 23.0. The Bertz CT molecular complexity index is 1450. The molecule has 0 saturated heterocycles. The van der Waals surface area contributed by atoms with Gasteiger partial charge in [-0.3, -0.25) is 14.8 Å². The molecule has 38 heavy (non-hydrogen) atoms. The van der Waals surface area contributed by atoms with Gasteiger partial charge in [0.25, 0.3) is 5.91 Å². The zero-order valence-electron chi connectivity index (χ0n) is 21.5. The predicted molar refractivity (Wildman–Crippen MR) is 151 cm³/mol. The molecule has 8 heteroatoms. The molecule has 8 nitrogen and oxygen atoms in total. The average molecular weight is 507 g/mol. The number of carbonyl (C=O) groups excluding carboxylic acids is 1. The van der Waals surface area contributed by atoms with Crippen LogP contribution in [0.4, 0.5) is 17.1 Å². The van der Waals surface area contributed by atoms with Gasteiger partial charge in [0.2, 0.25) is 0 Å². The van der Waals surface area contributed by atoms with Crippen LogP contribution in [0.1, 0.15) is 36.5 Å². The number of nitrogens with two attached hydrogens (primary N) is 1. The maximum Gasteiger partial charge on any atom is 0.261 e. The fraction of sp³-hybridized carbons (Fsp3) is 0.233. The molecular weight excluding hydrogens is 476 g/mol. The quantitative estimate of drug-likeness (QED) is 0.256. The van der Waals surface area contributed by atoms with E-state index < -0.39 is 0 Å². The normalized spacial score (nSPS) is 15.9. The van der Waals surface area contributed by atoms with Crippen LogP contribution < -0.4 is 10.5 Å². The van der Waals surface area contributed by atoms with Crippen molar-refractivity contribution in [3.05, 3.63) is 83.4 Å². The second-order valence-electron chi connectivity index (χ2n) is 9.19. The minimum Gasteiger partial charge on any atom is -0.484 e. The van der Waals surface area contributed by atoms with Crippen molar-refractivity contribution in [1.29, 1.82) is 10.7 Å². The molecule has 0 bridgehead atoms. The van der Waals surface area contributed by atoms with Gasteiger partial charge in [0.05, 0.1) is 28.9 Å². The van der Waals surface area contributed by atoms with Gasteiger partial charge in [0, 0.05) is 30.1 Å². The molecule has 192 valence electrons. The van der Waals surface area contributed by atoms with E-state index in [0.29, 0.717) is 17.0 Å². The SMILES string of the molecule is CC1CCC(=Nc2ccc(N)c(C=N)c2)c2ccccc2N=C1c1cccc(OCC(=O)N(C)CC#N)c1. The van der Waals surface area contributed by atoms with Gasteiger partial charge in [-0.15, -0.1) is 0 Å². The van der Waals surface area contributed by atoms with Gasteiger partial charge >= 0.3 is 0 Å². The third kappa shape index (κ3) is 6.13. The second-order valence-corrected chi connectivity index (χ2v) is 9.19. The third-order valence-corrected chi connectivity index (χ3v) is 6.45. The number of hydrogen-bond donors (Lipinski definition) is 2. The second kappa shape index (κ2) is 12.0. The van der Waals surface area contributed by atoms with E-state index in [1.54, 1.807) is 13.1 Å². The first-order valence-electron chi connectivity index (χ1n) is 12.4. The van der Waals surface area contributed by atoms with Crippen LogP contribution in [0.3, 0.4) is 0 Å². The van der Waals surface area contributed by atoms with Crippen molar-refractivity contribution >= 4 is 40.6 Å². The van der Waals surface area contributed by atoms with E-state index in [1.807, 2.05) is 66.7 Å². The number of amides is 1. The van der Waals surface area contributed by atoms with E-state index in [9.17, 15) is 4.79 Å². The monoisotopic (exact) mass is 506 g/mol. The van der Waals surface area contributed by atoms with Gasteiger partial charge in [-0.25, -0.2) is 0 Å². The highest BCUT2D eigenvalue weighted by Crippen LogP contribution is 2.31. The molecule has 1 amide bonds. The summed E-state index contributed by atoms with van der Waals surface area (Å²) in [7, 11) is 1.57. The minimum absolute atomic E-state index is 0.0173. The smallest absolute Gasteiger partial charge is 0.261 e. The lowest BCUT2D eigenvalue weighted by Crippen LogP contribution is -2.31. The average Bonchev–Trinajstić information content (AvgIpc) is 2.93. The number of rotatable bonds is 7. The minimum atomic E-state index is -0.261. The maximum absolute atomic E-state index is 12.2. The number of carbonyl (C=O) groups is 1. The molecule has 4 rings (SSSR count). The molecule has 0 spiro atoms. The highest BCUT2D eigenvalue weighted by molar-refractivity contribution is 6.10. The topological polar surface area (TPSA) is 128 Å². The van der Waals surface area contributed by atoms with E-state index in [4.69, 9.17) is 31.1 Å². The molecule has 1 atom stereocenters. The van der Waals surface area contributed by atoms with E-state index in [-0.39, 0.29) is 25.0 Å². The summed E-state index contributed by atoms with van der Waals surface area (Å²) in [5.41, 5.74) is 12.5. The number of likely N-dealkylation sites (N-methyl/N-ethyl adjacent to an activating group) is 1. The summed E-state index contributed by atoms with van der Waals surface area (Å²) < 4.78 is 5.74. The van der Waals surface area contributed by atoms with E-state index >= 15 is 0 Å². The summed E-state index contributed by atoms with van der Waals surface area (Å²) in [5, 5.41) is 16.4. The third-order valence-electron chi connectivity index (χ3n) is 6.45. The standard InChI is InChI=1S/C30H30N6O2/c1-20-10-13-28(34-23-11-12-26(33)22(16-23)18-32)25-8-3-4-9-27(25)35-30(20)21-6-5-7-24(17-21)38-19-29(37)36(2)15-14-31/h3-9,11-12,16-18,20,32H,10,13,15,19,33H2,1-2H3. The molecule has 3 N–H and O–H groups in total. The molecule has 0 saturated carbocycles. The zero-order chi connectivity index (χ0) is 27.1. The van der Waals surface area contributed by atoms with Gasteiger partial charge in [0.15, 0.2) is 6.61 Å². The van der Waals surface area contributed by atoms with E-state index in [2.05, 4.69) is 6.92 Å². The highest BCUT2D eigenvalue weighted by Gasteiger charge is 2.21. The number of nitrogens with zero attached hydrogens (tertiary/aromatic N) is 4. The summed E-state index contributed by atoms with van der Waals surface area (Å²) in [4.78, 5) is 23.5. The van der Waals surface area contributed by atoms with Crippen molar-refractivity contribution in [3.8, 4) is 11.8 Å². The first kappa shape index (κ1) is 26.3. The van der Waals surface area contributed by atoms with Crippen LogP contribution in [0.5, 0.6) is 5.75 Å². The predicted octanol–water partition coefficient (Wildman–Crippen LogP) is 5.30. The Morgan fingerprint density at radius 1 is 1.24 bits per heavy atom. The molecule has 0 fully saturated rings. The Labute approximate surface area is 222 Å². The van der Waals surface area contributed by atoms with E-state index in [0.717, 1.165) is 46.8 Å². The van der Waals surface area contributed by atoms with Crippen molar-refractivity contribution in [2.75, 3.05) is 25.9 Å². The number of hydrogen-bond acceptors (Lipinski definition) is 7. The number of nitrogens with one attached hydrogen (secondary N) is 1.